The van der Waals surface area contributed by atoms with Crippen molar-refractivity contribution in [2.45, 2.75) is 20.8 Å². The number of nitrogens with zero attached hydrogens (tertiary/aromatic N) is 2. The summed E-state index contributed by atoms with van der Waals surface area (Å²) in [4.78, 5) is 16.7. The highest BCUT2D eigenvalue weighted by atomic mass is 79.9. The number of rotatable bonds is 2. The molecule has 3 nitrogen and oxygen atoms in total. The van der Waals surface area contributed by atoms with E-state index in [1.54, 1.807) is 39.0 Å². The van der Waals surface area contributed by atoms with E-state index in [9.17, 15) is 14.4 Å². The van der Waals surface area contributed by atoms with Crippen molar-refractivity contribution in [2.24, 2.45) is 10.4 Å². The number of nitriles is 1. The summed E-state index contributed by atoms with van der Waals surface area (Å²) in [7, 11) is 0. The Kier molecular flexibility index (Phi) is 5.76. The molecule has 0 saturated carbocycles. The highest BCUT2D eigenvalue weighted by molar-refractivity contribution is 9.10. The fourth-order valence-electron chi connectivity index (χ4n) is 2.06. The van der Waals surface area contributed by atoms with Gasteiger partial charge in [0, 0.05) is 26.0 Å². The molecule has 0 aromatic heterocycles. The van der Waals surface area contributed by atoms with Crippen LogP contribution in [-0.2, 0) is 4.79 Å². The second-order valence-corrected chi connectivity index (χ2v) is 7.80. The smallest absolute Gasteiger partial charge is 0.251 e. The Morgan fingerprint density at radius 3 is 2.52 bits per heavy atom. The fraction of sp³-hybridized carbons (Fsp3) is 0.211. The molecule has 0 spiro atoms. The summed E-state index contributed by atoms with van der Waals surface area (Å²) in [5.74, 6) is -1.14. The third kappa shape index (κ3) is 4.53. The second-order valence-electron chi connectivity index (χ2n) is 6.45. The Bertz CT molecular complexity index is 911. The Labute approximate surface area is 159 Å². The van der Waals surface area contributed by atoms with Crippen LogP contribution in [0.5, 0.6) is 0 Å². The minimum atomic E-state index is -0.754. The van der Waals surface area contributed by atoms with E-state index < -0.39 is 11.2 Å². The van der Waals surface area contributed by atoms with Crippen molar-refractivity contribution in [2.75, 3.05) is 0 Å². The van der Waals surface area contributed by atoms with Gasteiger partial charge in [0.2, 0.25) is 0 Å². The number of halogens is 3. The van der Waals surface area contributed by atoms with Gasteiger partial charge in [-0.15, -0.1) is 0 Å². The number of hydrogen-bond acceptors (Lipinski definition) is 2. The van der Waals surface area contributed by atoms with Gasteiger partial charge in [-0.25, -0.2) is 9.38 Å². The number of hydrogen-bond donors (Lipinski definition) is 0. The van der Waals surface area contributed by atoms with Crippen LogP contribution < -0.4 is 0 Å². The van der Waals surface area contributed by atoms with E-state index in [2.05, 4.69) is 20.9 Å². The largest absolute Gasteiger partial charge is 0.272 e. The molecule has 2 aromatic carbocycles. The van der Waals surface area contributed by atoms with Crippen molar-refractivity contribution in [1.82, 2.24) is 0 Å². The van der Waals surface area contributed by atoms with Crippen molar-refractivity contribution in [3.05, 3.63) is 68.4 Å². The van der Waals surface area contributed by atoms with Gasteiger partial charge in [0.1, 0.15) is 11.9 Å². The minimum Gasteiger partial charge on any atom is -0.272 e. The van der Waals surface area contributed by atoms with E-state index in [0.29, 0.717) is 5.56 Å². The van der Waals surface area contributed by atoms with Gasteiger partial charge in [0.15, 0.2) is 0 Å². The summed E-state index contributed by atoms with van der Waals surface area (Å²) < 4.78 is 14.9. The first-order chi connectivity index (χ1) is 11.6. The molecular formula is C19H15BrClFN2O. The molecule has 0 fully saturated rings. The molecule has 25 heavy (non-hydrogen) atoms. The van der Waals surface area contributed by atoms with Crippen LogP contribution in [0.1, 0.15) is 37.5 Å². The maximum absolute atomic E-state index is 14.2. The summed E-state index contributed by atoms with van der Waals surface area (Å²) in [6.07, 6.45) is 0. The molecule has 128 valence electrons. The fourth-order valence-corrected chi connectivity index (χ4v) is 2.66. The summed E-state index contributed by atoms with van der Waals surface area (Å²) >= 11 is 9.34. The second kappa shape index (κ2) is 7.47. The zero-order chi connectivity index (χ0) is 18.8. The van der Waals surface area contributed by atoms with Crippen molar-refractivity contribution < 1.29 is 9.18 Å². The maximum atomic E-state index is 14.2. The predicted octanol–water partition coefficient (Wildman–Crippen LogP) is 5.52. The van der Waals surface area contributed by atoms with E-state index in [1.165, 1.54) is 6.07 Å². The number of carbonyl (C=O) groups excluding carboxylic acids is 1. The van der Waals surface area contributed by atoms with Crippen molar-refractivity contribution in [3.63, 3.8) is 0 Å². The Balaban J connectivity index is 2.80. The topological polar surface area (TPSA) is 53.2 Å². The minimum absolute atomic E-state index is 0.123. The third-order valence-electron chi connectivity index (χ3n) is 3.37. The maximum Gasteiger partial charge on any atom is 0.251 e. The summed E-state index contributed by atoms with van der Waals surface area (Å²) in [6.45, 7) is 5.21. The van der Waals surface area contributed by atoms with Gasteiger partial charge in [-0.1, -0.05) is 60.4 Å². The molecule has 0 atom stereocenters. The molecule has 6 heteroatoms. The lowest BCUT2D eigenvalue weighted by Gasteiger charge is -2.16. The Morgan fingerprint density at radius 2 is 1.96 bits per heavy atom. The van der Waals surface area contributed by atoms with Crippen LogP contribution in [0.3, 0.4) is 0 Å². The lowest BCUT2D eigenvalue weighted by atomic mass is 9.94. The van der Waals surface area contributed by atoms with E-state index in [0.717, 1.165) is 10.5 Å². The van der Waals surface area contributed by atoms with E-state index in [1.807, 2.05) is 12.1 Å². The van der Waals surface area contributed by atoms with Crippen LogP contribution >= 0.6 is 27.5 Å². The quantitative estimate of drug-likeness (QED) is 0.599. The van der Waals surface area contributed by atoms with Crippen LogP contribution in [-0.4, -0.2) is 11.6 Å². The van der Waals surface area contributed by atoms with Gasteiger partial charge in [-0.2, -0.15) is 5.26 Å². The molecule has 0 aliphatic carbocycles. The zero-order valence-electron chi connectivity index (χ0n) is 13.9. The molecule has 2 aromatic rings. The monoisotopic (exact) mass is 420 g/mol. The molecule has 0 N–H and O–H groups in total. The zero-order valence-corrected chi connectivity index (χ0v) is 16.2. The summed E-state index contributed by atoms with van der Waals surface area (Å²) in [5, 5.41) is 9.47. The molecule has 0 heterocycles. The molecule has 1 amide bonds. The molecule has 0 aliphatic rings. The average molecular weight is 422 g/mol. The number of aliphatic imine (C=N–C) groups is 1. The van der Waals surface area contributed by atoms with Crippen LogP contribution in [0.15, 0.2) is 45.9 Å². The lowest BCUT2D eigenvalue weighted by molar-refractivity contribution is -0.124. The average Bonchev–Trinajstić information content (AvgIpc) is 2.50. The third-order valence-corrected chi connectivity index (χ3v) is 4.09. The van der Waals surface area contributed by atoms with E-state index in [4.69, 9.17) is 11.6 Å². The van der Waals surface area contributed by atoms with Crippen molar-refractivity contribution >= 4 is 39.1 Å². The molecule has 0 saturated heterocycles. The molecular weight excluding hydrogens is 407 g/mol. The highest BCUT2D eigenvalue weighted by Crippen LogP contribution is 2.26. The van der Waals surface area contributed by atoms with Gasteiger partial charge >= 0.3 is 0 Å². The van der Waals surface area contributed by atoms with E-state index >= 15 is 0 Å². The van der Waals surface area contributed by atoms with Gasteiger partial charge in [0.05, 0.1) is 11.3 Å². The predicted molar refractivity (Wildman–Crippen MR) is 100 cm³/mol. The Hall–Kier alpha value is -2.03. The lowest BCUT2D eigenvalue weighted by Crippen LogP contribution is -2.21. The van der Waals surface area contributed by atoms with E-state index in [-0.39, 0.29) is 27.8 Å². The SMILES string of the molecule is CC(C)(C)C(=O)/N=C(\c1cccc(Br)c1)c1cc(Cl)cc(F)c1C#N. The summed E-state index contributed by atoms with van der Waals surface area (Å²) in [6, 6.07) is 11.4. The van der Waals surface area contributed by atoms with Crippen LogP contribution in [0.2, 0.25) is 5.02 Å². The first-order valence-electron chi connectivity index (χ1n) is 7.42. The molecule has 0 bridgehead atoms. The molecule has 2 rings (SSSR count). The van der Waals surface area contributed by atoms with Gasteiger partial charge in [-0.3, -0.25) is 4.79 Å². The van der Waals surface area contributed by atoms with Gasteiger partial charge < -0.3 is 0 Å². The number of carbonyl (C=O) groups is 1. The van der Waals surface area contributed by atoms with Crippen LogP contribution in [0, 0.1) is 22.6 Å². The van der Waals surface area contributed by atoms with Crippen LogP contribution in [0.25, 0.3) is 0 Å². The normalized spacial score (nSPS) is 12.0. The standard InChI is InChI=1S/C19H15BrClFN2O/c1-19(2,3)18(25)24-17(11-5-4-6-12(20)7-11)14-8-13(21)9-16(22)15(14)10-23/h4-9H,1-3H3/b24-17+. The first-order valence-corrected chi connectivity index (χ1v) is 8.59. The molecule has 0 aliphatic heterocycles. The Morgan fingerprint density at radius 1 is 1.28 bits per heavy atom. The highest BCUT2D eigenvalue weighted by Gasteiger charge is 2.24. The van der Waals surface area contributed by atoms with Crippen molar-refractivity contribution in [3.8, 4) is 6.07 Å². The number of benzene rings is 2. The van der Waals surface area contributed by atoms with Crippen molar-refractivity contribution in [1.29, 1.82) is 5.26 Å². The van der Waals surface area contributed by atoms with Gasteiger partial charge in [-0.05, 0) is 24.3 Å². The van der Waals surface area contributed by atoms with Crippen LogP contribution in [0.4, 0.5) is 4.39 Å². The summed E-state index contributed by atoms with van der Waals surface area (Å²) in [5.41, 5.74) is 0.0404. The molecule has 0 unspecified atom stereocenters. The molecule has 0 radical (unpaired) electrons. The first kappa shape index (κ1) is 19.3. The van der Waals surface area contributed by atoms with Gasteiger partial charge in [0.25, 0.3) is 5.91 Å². The number of amides is 1.